The Morgan fingerprint density at radius 3 is 2.17 bits per heavy atom. The lowest BCUT2D eigenvalue weighted by Gasteiger charge is -2.11. The van der Waals surface area contributed by atoms with Crippen LogP contribution in [-0.2, 0) is 16.1 Å². The second-order valence-electron chi connectivity index (χ2n) is 6.54. The zero-order valence-corrected chi connectivity index (χ0v) is 16.7. The Kier molecular flexibility index (Phi) is 6.82. The number of hydrogen-bond acceptors (Lipinski definition) is 2. The van der Waals surface area contributed by atoms with Gasteiger partial charge in [0.15, 0.2) is 0 Å². The van der Waals surface area contributed by atoms with Crippen molar-refractivity contribution in [2.24, 2.45) is 0 Å². The van der Waals surface area contributed by atoms with Gasteiger partial charge in [-0.2, -0.15) is 0 Å². The maximum absolute atomic E-state index is 12.9. The highest BCUT2D eigenvalue weighted by Gasteiger charge is 2.12. The second-order valence-corrected chi connectivity index (χ2v) is 6.97. The van der Waals surface area contributed by atoms with Crippen molar-refractivity contribution in [1.29, 1.82) is 0 Å². The summed E-state index contributed by atoms with van der Waals surface area (Å²) in [6.07, 6.45) is 1.86. The van der Waals surface area contributed by atoms with Gasteiger partial charge in [-0.1, -0.05) is 66.2 Å². The average molecular weight is 405 g/mol. The van der Waals surface area contributed by atoms with Gasteiger partial charge in [0.05, 0.1) is 0 Å². The molecule has 0 aromatic heterocycles. The van der Waals surface area contributed by atoms with Crippen molar-refractivity contribution < 1.29 is 9.59 Å². The topological polar surface area (TPSA) is 58.2 Å². The van der Waals surface area contributed by atoms with E-state index >= 15 is 0 Å². The van der Waals surface area contributed by atoms with Crippen LogP contribution in [0, 0.1) is 0 Å². The molecule has 0 aliphatic carbocycles. The molecule has 2 N–H and O–H groups in total. The largest absolute Gasteiger partial charge is 0.348 e. The summed E-state index contributed by atoms with van der Waals surface area (Å²) in [5.41, 5.74) is 3.94. The molecule has 3 aromatic rings. The zero-order valence-electron chi connectivity index (χ0n) is 16.0. The Balaban J connectivity index is 1.77. The molecule has 29 heavy (non-hydrogen) atoms. The summed E-state index contributed by atoms with van der Waals surface area (Å²) in [4.78, 5) is 24.1. The van der Waals surface area contributed by atoms with E-state index in [9.17, 15) is 9.59 Å². The first-order valence-corrected chi connectivity index (χ1v) is 9.56. The third kappa shape index (κ3) is 6.06. The van der Waals surface area contributed by atoms with Crippen LogP contribution in [0.5, 0.6) is 0 Å². The van der Waals surface area contributed by atoms with E-state index in [2.05, 4.69) is 10.6 Å². The number of halogens is 1. The first-order valence-electron chi connectivity index (χ1n) is 9.19. The standard InChI is InChI=1S/C24H21ClN2O2/c1-17(28)27-22-13-7-19(8-14-22)16-26-24(29)23(15-18-5-3-2-4-6-18)20-9-11-21(25)12-10-20/h2-15H,16H2,1H3,(H,26,29)(H,27,28)/b23-15+. The third-order valence-electron chi connectivity index (χ3n) is 4.24. The van der Waals surface area contributed by atoms with Gasteiger partial charge >= 0.3 is 0 Å². The zero-order chi connectivity index (χ0) is 20.6. The molecule has 2 amide bonds. The van der Waals surface area contributed by atoms with Crippen LogP contribution in [-0.4, -0.2) is 11.8 Å². The summed E-state index contributed by atoms with van der Waals surface area (Å²) >= 11 is 6.00. The van der Waals surface area contributed by atoms with Gasteiger partial charge in [0.25, 0.3) is 5.91 Å². The lowest BCUT2D eigenvalue weighted by Crippen LogP contribution is -2.23. The number of hydrogen-bond donors (Lipinski definition) is 2. The highest BCUT2D eigenvalue weighted by Crippen LogP contribution is 2.21. The monoisotopic (exact) mass is 404 g/mol. The third-order valence-corrected chi connectivity index (χ3v) is 4.49. The van der Waals surface area contributed by atoms with Crippen LogP contribution >= 0.6 is 11.6 Å². The second kappa shape index (κ2) is 9.71. The molecule has 0 atom stereocenters. The molecule has 0 heterocycles. The first-order chi connectivity index (χ1) is 14.0. The smallest absolute Gasteiger partial charge is 0.252 e. The minimum atomic E-state index is -0.179. The highest BCUT2D eigenvalue weighted by molar-refractivity contribution is 6.31. The molecule has 0 unspecified atom stereocenters. The van der Waals surface area contributed by atoms with E-state index in [0.717, 1.165) is 22.4 Å². The number of anilines is 1. The summed E-state index contributed by atoms with van der Waals surface area (Å²) in [5.74, 6) is -0.299. The van der Waals surface area contributed by atoms with Crippen LogP contribution in [0.1, 0.15) is 23.6 Å². The van der Waals surface area contributed by atoms with E-state index in [-0.39, 0.29) is 11.8 Å². The molecule has 0 spiro atoms. The molecule has 0 fully saturated rings. The molecule has 0 radical (unpaired) electrons. The van der Waals surface area contributed by atoms with Gasteiger partial charge in [-0.25, -0.2) is 0 Å². The number of rotatable bonds is 6. The fourth-order valence-corrected chi connectivity index (χ4v) is 2.94. The number of carbonyl (C=O) groups excluding carboxylic acids is 2. The van der Waals surface area contributed by atoms with E-state index in [4.69, 9.17) is 11.6 Å². The van der Waals surface area contributed by atoms with Crippen molar-refractivity contribution in [3.05, 3.63) is 101 Å². The predicted molar refractivity (Wildman–Crippen MR) is 118 cm³/mol. The minimum Gasteiger partial charge on any atom is -0.348 e. The van der Waals surface area contributed by atoms with Gasteiger partial charge in [-0.15, -0.1) is 0 Å². The van der Waals surface area contributed by atoms with Crippen molar-refractivity contribution in [3.8, 4) is 0 Å². The quantitative estimate of drug-likeness (QED) is 0.440. The van der Waals surface area contributed by atoms with Crippen LogP contribution in [0.25, 0.3) is 11.6 Å². The molecule has 146 valence electrons. The van der Waals surface area contributed by atoms with Crippen molar-refractivity contribution in [2.45, 2.75) is 13.5 Å². The molecular formula is C24H21ClN2O2. The molecule has 0 saturated heterocycles. The Labute approximate surface area is 175 Å². The summed E-state index contributed by atoms with van der Waals surface area (Å²) in [7, 11) is 0. The Morgan fingerprint density at radius 1 is 0.897 bits per heavy atom. The normalized spacial score (nSPS) is 11.0. The van der Waals surface area contributed by atoms with Crippen molar-refractivity contribution in [2.75, 3.05) is 5.32 Å². The predicted octanol–water partition coefficient (Wildman–Crippen LogP) is 5.16. The van der Waals surface area contributed by atoms with E-state index in [0.29, 0.717) is 17.1 Å². The van der Waals surface area contributed by atoms with Crippen molar-refractivity contribution in [1.82, 2.24) is 5.32 Å². The fraction of sp³-hybridized carbons (Fsp3) is 0.0833. The molecule has 0 aliphatic rings. The van der Waals surface area contributed by atoms with Gasteiger partial charge in [0.1, 0.15) is 0 Å². The van der Waals surface area contributed by atoms with Crippen LogP contribution < -0.4 is 10.6 Å². The highest BCUT2D eigenvalue weighted by atomic mass is 35.5. The van der Waals surface area contributed by atoms with Gasteiger partial charge in [-0.3, -0.25) is 9.59 Å². The van der Waals surface area contributed by atoms with E-state index < -0.39 is 0 Å². The van der Waals surface area contributed by atoms with Crippen LogP contribution in [0.3, 0.4) is 0 Å². The molecular weight excluding hydrogens is 384 g/mol. The lowest BCUT2D eigenvalue weighted by molar-refractivity contribution is -0.116. The first kappa shape index (κ1) is 20.4. The van der Waals surface area contributed by atoms with Gasteiger partial charge in [0.2, 0.25) is 5.91 Å². The summed E-state index contributed by atoms with van der Waals surface area (Å²) in [5, 5.41) is 6.31. The maximum Gasteiger partial charge on any atom is 0.252 e. The molecule has 3 aromatic carbocycles. The summed E-state index contributed by atoms with van der Waals surface area (Å²) in [6.45, 7) is 1.84. The average Bonchev–Trinajstić information content (AvgIpc) is 2.72. The number of benzene rings is 3. The van der Waals surface area contributed by atoms with Crippen molar-refractivity contribution in [3.63, 3.8) is 0 Å². The molecule has 3 rings (SSSR count). The van der Waals surface area contributed by atoms with Gasteiger partial charge in [-0.05, 0) is 47.0 Å². The van der Waals surface area contributed by atoms with Crippen LogP contribution in [0.15, 0.2) is 78.9 Å². The Bertz CT molecular complexity index is 1010. The van der Waals surface area contributed by atoms with Gasteiger partial charge < -0.3 is 10.6 Å². The Hall–Kier alpha value is -3.37. The number of amides is 2. The molecule has 0 saturated carbocycles. The van der Waals surface area contributed by atoms with Gasteiger partial charge in [0, 0.05) is 29.8 Å². The molecule has 5 heteroatoms. The maximum atomic E-state index is 12.9. The summed E-state index contributed by atoms with van der Waals surface area (Å²) < 4.78 is 0. The SMILES string of the molecule is CC(=O)Nc1ccc(CNC(=O)/C(=C/c2ccccc2)c2ccc(Cl)cc2)cc1. The number of carbonyl (C=O) groups is 2. The number of nitrogens with one attached hydrogen (secondary N) is 2. The Morgan fingerprint density at radius 2 is 1.55 bits per heavy atom. The van der Waals surface area contributed by atoms with E-state index in [1.54, 1.807) is 12.1 Å². The van der Waals surface area contributed by atoms with Crippen LogP contribution in [0.2, 0.25) is 5.02 Å². The van der Waals surface area contributed by atoms with Crippen molar-refractivity contribution >= 4 is 40.8 Å². The fourth-order valence-electron chi connectivity index (χ4n) is 2.81. The molecule has 0 bridgehead atoms. The summed E-state index contributed by atoms with van der Waals surface area (Å²) in [6, 6.07) is 24.2. The van der Waals surface area contributed by atoms with E-state index in [1.165, 1.54) is 6.92 Å². The van der Waals surface area contributed by atoms with E-state index in [1.807, 2.05) is 72.8 Å². The molecule has 4 nitrogen and oxygen atoms in total. The van der Waals surface area contributed by atoms with Crippen LogP contribution in [0.4, 0.5) is 5.69 Å². The minimum absolute atomic E-state index is 0.121. The lowest BCUT2D eigenvalue weighted by atomic mass is 10.0. The molecule has 0 aliphatic heterocycles.